The van der Waals surface area contributed by atoms with E-state index in [1.165, 1.54) is 7.11 Å². The summed E-state index contributed by atoms with van der Waals surface area (Å²) >= 11 is 6.16. The van der Waals surface area contributed by atoms with Gasteiger partial charge in [0.15, 0.2) is 0 Å². The quantitative estimate of drug-likeness (QED) is 0.454. The zero-order valence-electron chi connectivity index (χ0n) is 18.5. The minimum Gasteiger partial charge on any atom is -0.495 e. The van der Waals surface area contributed by atoms with E-state index in [1.807, 2.05) is 18.2 Å². The van der Waals surface area contributed by atoms with E-state index in [4.69, 9.17) is 21.1 Å². The first-order chi connectivity index (χ1) is 15.2. The Hall–Kier alpha value is -3.31. The Kier molecular flexibility index (Phi) is 7.21. The number of carbonyl (C=O) groups is 2. The van der Waals surface area contributed by atoms with Crippen LogP contribution in [-0.4, -0.2) is 19.0 Å². The molecule has 1 N–H and O–H groups in total. The summed E-state index contributed by atoms with van der Waals surface area (Å²) in [7, 11) is 1.51. The third kappa shape index (κ3) is 5.68. The van der Waals surface area contributed by atoms with Crippen molar-refractivity contribution in [1.29, 1.82) is 0 Å². The Labute approximate surface area is 193 Å². The van der Waals surface area contributed by atoms with Gasteiger partial charge in [-0.15, -0.1) is 0 Å². The maximum atomic E-state index is 13.1. The summed E-state index contributed by atoms with van der Waals surface area (Å²) in [4.78, 5) is 25.9. The summed E-state index contributed by atoms with van der Waals surface area (Å²) in [6, 6.07) is 21.0. The molecule has 166 valence electrons. The third-order valence-corrected chi connectivity index (χ3v) is 5.27. The molecule has 0 radical (unpaired) electrons. The van der Waals surface area contributed by atoms with Gasteiger partial charge in [0.2, 0.25) is 6.10 Å². The monoisotopic (exact) mass is 451 g/mol. The number of benzene rings is 3. The van der Waals surface area contributed by atoms with Crippen molar-refractivity contribution in [2.24, 2.45) is 0 Å². The molecule has 3 rings (SSSR count). The summed E-state index contributed by atoms with van der Waals surface area (Å²) in [5.41, 5.74) is 2.47. The van der Waals surface area contributed by atoms with Crippen molar-refractivity contribution in [3.05, 3.63) is 94.5 Å². The molecule has 6 heteroatoms. The van der Waals surface area contributed by atoms with Crippen LogP contribution in [0.5, 0.6) is 5.75 Å². The highest BCUT2D eigenvalue weighted by Crippen LogP contribution is 2.29. The molecular formula is C26H26ClNO4. The summed E-state index contributed by atoms with van der Waals surface area (Å²) < 4.78 is 10.8. The zero-order chi connectivity index (χ0) is 23.3. The van der Waals surface area contributed by atoms with Crippen molar-refractivity contribution in [1.82, 2.24) is 0 Å². The van der Waals surface area contributed by atoms with Crippen molar-refractivity contribution in [2.75, 3.05) is 12.4 Å². The lowest BCUT2D eigenvalue weighted by Crippen LogP contribution is -2.26. The van der Waals surface area contributed by atoms with E-state index >= 15 is 0 Å². The van der Waals surface area contributed by atoms with Gasteiger partial charge in [0, 0.05) is 11.3 Å². The number of halogens is 1. The van der Waals surface area contributed by atoms with Gasteiger partial charge >= 0.3 is 5.97 Å². The van der Waals surface area contributed by atoms with Crippen LogP contribution in [0.1, 0.15) is 48.4 Å². The van der Waals surface area contributed by atoms with Gasteiger partial charge in [-0.3, -0.25) is 4.79 Å². The van der Waals surface area contributed by atoms with Crippen LogP contribution in [0, 0.1) is 0 Å². The smallest absolute Gasteiger partial charge is 0.339 e. The van der Waals surface area contributed by atoms with Crippen molar-refractivity contribution in [3.63, 3.8) is 0 Å². The molecule has 0 unspecified atom stereocenters. The molecule has 0 aromatic heterocycles. The lowest BCUT2D eigenvalue weighted by atomic mass is 9.87. The van der Waals surface area contributed by atoms with Crippen LogP contribution < -0.4 is 10.1 Å². The Morgan fingerprint density at radius 2 is 1.59 bits per heavy atom. The van der Waals surface area contributed by atoms with Crippen LogP contribution >= 0.6 is 11.6 Å². The molecule has 1 amide bonds. The van der Waals surface area contributed by atoms with Gasteiger partial charge < -0.3 is 14.8 Å². The number of amides is 1. The van der Waals surface area contributed by atoms with Crippen LogP contribution in [0.3, 0.4) is 0 Å². The van der Waals surface area contributed by atoms with E-state index in [0.29, 0.717) is 27.6 Å². The fraction of sp³-hybridized carbons (Fsp3) is 0.231. The predicted molar refractivity (Wildman–Crippen MR) is 126 cm³/mol. The van der Waals surface area contributed by atoms with E-state index in [1.54, 1.807) is 54.6 Å². The summed E-state index contributed by atoms with van der Waals surface area (Å²) in [6.07, 6.45) is -1.13. The largest absolute Gasteiger partial charge is 0.495 e. The van der Waals surface area contributed by atoms with E-state index < -0.39 is 18.0 Å². The van der Waals surface area contributed by atoms with Gasteiger partial charge in [0.25, 0.3) is 5.91 Å². The van der Waals surface area contributed by atoms with Crippen molar-refractivity contribution < 1.29 is 19.1 Å². The molecule has 1 atom stereocenters. The zero-order valence-corrected chi connectivity index (χ0v) is 19.3. The first kappa shape index (κ1) is 23.4. The minimum absolute atomic E-state index is 0.0332. The van der Waals surface area contributed by atoms with Crippen LogP contribution in [0.15, 0.2) is 72.8 Å². The number of hydrogen-bond acceptors (Lipinski definition) is 4. The van der Waals surface area contributed by atoms with Crippen LogP contribution in [0.2, 0.25) is 5.02 Å². The highest BCUT2D eigenvalue weighted by Gasteiger charge is 2.26. The first-order valence-electron chi connectivity index (χ1n) is 10.2. The molecule has 32 heavy (non-hydrogen) atoms. The molecule has 0 heterocycles. The van der Waals surface area contributed by atoms with E-state index in [9.17, 15) is 9.59 Å². The van der Waals surface area contributed by atoms with Crippen LogP contribution in [-0.2, 0) is 14.9 Å². The van der Waals surface area contributed by atoms with E-state index in [0.717, 1.165) is 5.56 Å². The normalized spacial score (nSPS) is 12.0. The fourth-order valence-electron chi connectivity index (χ4n) is 3.13. The molecule has 0 fully saturated rings. The van der Waals surface area contributed by atoms with Gasteiger partial charge in [-0.25, -0.2) is 4.79 Å². The van der Waals surface area contributed by atoms with Crippen molar-refractivity contribution in [3.8, 4) is 5.75 Å². The second-order valence-corrected chi connectivity index (χ2v) is 8.77. The van der Waals surface area contributed by atoms with Crippen LogP contribution in [0.25, 0.3) is 0 Å². The second-order valence-electron chi connectivity index (χ2n) is 8.36. The molecule has 0 saturated heterocycles. The summed E-state index contributed by atoms with van der Waals surface area (Å²) in [6.45, 7) is 6.30. The number of carbonyl (C=O) groups excluding carboxylic acids is 2. The van der Waals surface area contributed by atoms with Crippen molar-refractivity contribution >= 4 is 29.2 Å². The number of rotatable bonds is 6. The Morgan fingerprint density at radius 3 is 2.16 bits per heavy atom. The third-order valence-electron chi connectivity index (χ3n) is 4.97. The van der Waals surface area contributed by atoms with Crippen LogP contribution in [0.4, 0.5) is 5.69 Å². The molecule has 3 aromatic carbocycles. The number of hydrogen-bond donors (Lipinski definition) is 1. The standard InChI is InChI=1S/C26H26ClNO4/c1-26(2,3)19-12-10-18(11-13-19)25(30)32-23(17-8-6-5-7-9-17)24(29)28-20-14-15-22(31-4)21(27)16-20/h5-16,23H,1-4H3,(H,28,29)/t23-/m0/s1. The maximum Gasteiger partial charge on any atom is 0.339 e. The number of nitrogens with one attached hydrogen (secondary N) is 1. The van der Waals surface area contributed by atoms with Gasteiger partial charge in [-0.2, -0.15) is 0 Å². The molecule has 0 spiro atoms. The van der Waals surface area contributed by atoms with Gasteiger partial charge in [-0.1, -0.05) is 74.8 Å². The highest BCUT2D eigenvalue weighted by molar-refractivity contribution is 6.32. The average Bonchev–Trinajstić information content (AvgIpc) is 2.77. The van der Waals surface area contributed by atoms with E-state index in [-0.39, 0.29) is 5.41 Å². The highest BCUT2D eigenvalue weighted by atomic mass is 35.5. The molecule has 3 aromatic rings. The number of anilines is 1. The summed E-state index contributed by atoms with van der Waals surface area (Å²) in [5, 5.41) is 3.12. The van der Waals surface area contributed by atoms with Gasteiger partial charge in [-0.05, 0) is 41.3 Å². The molecule has 0 saturated carbocycles. The average molecular weight is 452 g/mol. The fourth-order valence-corrected chi connectivity index (χ4v) is 3.39. The Bertz CT molecular complexity index is 1090. The Balaban J connectivity index is 1.82. The summed E-state index contributed by atoms with van der Waals surface area (Å²) in [5.74, 6) is -0.575. The van der Waals surface area contributed by atoms with Crippen molar-refractivity contribution in [2.45, 2.75) is 32.3 Å². The second kappa shape index (κ2) is 9.88. The lowest BCUT2D eigenvalue weighted by Gasteiger charge is -2.20. The number of ether oxygens (including phenoxy) is 2. The first-order valence-corrected chi connectivity index (χ1v) is 10.6. The molecule has 0 bridgehead atoms. The topological polar surface area (TPSA) is 64.6 Å². The molecule has 0 aliphatic heterocycles. The molecule has 0 aliphatic carbocycles. The van der Waals surface area contributed by atoms with E-state index in [2.05, 4.69) is 26.1 Å². The number of methoxy groups -OCH3 is 1. The molecular weight excluding hydrogens is 426 g/mol. The lowest BCUT2D eigenvalue weighted by molar-refractivity contribution is -0.125. The molecule has 0 aliphatic rings. The predicted octanol–water partition coefficient (Wildman–Crippen LogP) is 6.18. The molecule has 5 nitrogen and oxygen atoms in total. The minimum atomic E-state index is -1.13. The maximum absolute atomic E-state index is 13.1. The number of esters is 1. The SMILES string of the molecule is COc1ccc(NC(=O)[C@@H](OC(=O)c2ccc(C(C)(C)C)cc2)c2ccccc2)cc1Cl. The Morgan fingerprint density at radius 1 is 0.938 bits per heavy atom. The van der Waals surface area contributed by atoms with Gasteiger partial charge in [0.05, 0.1) is 17.7 Å². The van der Waals surface area contributed by atoms with Gasteiger partial charge in [0.1, 0.15) is 5.75 Å².